The Labute approximate surface area is 75.9 Å². The number of rotatable bonds is 3. The summed E-state index contributed by atoms with van der Waals surface area (Å²) < 4.78 is 0. The van der Waals surface area contributed by atoms with Gasteiger partial charge < -0.3 is 5.32 Å². The van der Waals surface area contributed by atoms with Gasteiger partial charge in [-0.05, 0) is 29.3 Å². The standard InChI is InChI=1S/C9H11NOS/c1-7(2)9(11)10-5-8-3-4-12-6-8/h3-4,6H,1,5H2,2H3,(H,10,11). The van der Waals surface area contributed by atoms with Gasteiger partial charge in [-0.25, -0.2) is 0 Å². The number of carbonyl (C=O) groups excluding carboxylic acids is 1. The molecule has 0 aliphatic heterocycles. The van der Waals surface area contributed by atoms with Crippen molar-refractivity contribution in [2.45, 2.75) is 13.5 Å². The van der Waals surface area contributed by atoms with Gasteiger partial charge in [0.2, 0.25) is 5.91 Å². The van der Waals surface area contributed by atoms with Gasteiger partial charge in [-0.1, -0.05) is 6.58 Å². The van der Waals surface area contributed by atoms with Crippen LogP contribution in [0, 0.1) is 0 Å². The molecule has 0 aliphatic carbocycles. The zero-order valence-electron chi connectivity index (χ0n) is 6.96. The Hall–Kier alpha value is -1.09. The fourth-order valence-corrected chi connectivity index (χ4v) is 1.40. The number of nitrogens with one attached hydrogen (secondary N) is 1. The summed E-state index contributed by atoms with van der Waals surface area (Å²) in [5.74, 6) is -0.0822. The van der Waals surface area contributed by atoms with Crippen LogP contribution < -0.4 is 5.32 Å². The lowest BCUT2D eigenvalue weighted by atomic mass is 10.3. The van der Waals surface area contributed by atoms with Crippen LogP contribution in [0.2, 0.25) is 0 Å². The lowest BCUT2D eigenvalue weighted by Crippen LogP contribution is -2.22. The van der Waals surface area contributed by atoms with E-state index in [0.29, 0.717) is 12.1 Å². The van der Waals surface area contributed by atoms with Gasteiger partial charge in [-0.15, -0.1) is 0 Å². The monoisotopic (exact) mass is 181 g/mol. The fourth-order valence-electron chi connectivity index (χ4n) is 0.726. The first-order valence-electron chi connectivity index (χ1n) is 3.65. The van der Waals surface area contributed by atoms with E-state index >= 15 is 0 Å². The van der Waals surface area contributed by atoms with E-state index in [2.05, 4.69) is 11.9 Å². The Bertz CT molecular complexity index is 277. The maximum Gasteiger partial charge on any atom is 0.246 e. The topological polar surface area (TPSA) is 29.1 Å². The zero-order chi connectivity index (χ0) is 8.97. The molecule has 0 aromatic carbocycles. The third kappa shape index (κ3) is 2.51. The lowest BCUT2D eigenvalue weighted by Gasteiger charge is -2.01. The number of hydrogen-bond donors (Lipinski definition) is 1. The summed E-state index contributed by atoms with van der Waals surface area (Å²) in [6.07, 6.45) is 0. The van der Waals surface area contributed by atoms with Crippen LogP contribution in [0.15, 0.2) is 29.0 Å². The molecular formula is C9H11NOS. The van der Waals surface area contributed by atoms with Crippen molar-refractivity contribution in [2.24, 2.45) is 0 Å². The summed E-state index contributed by atoms with van der Waals surface area (Å²) in [5.41, 5.74) is 1.68. The third-order valence-electron chi connectivity index (χ3n) is 1.42. The van der Waals surface area contributed by atoms with Crippen LogP contribution in [0.5, 0.6) is 0 Å². The van der Waals surface area contributed by atoms with E-state index in [1.807, 2.05) is 16.8 Å². The molecule has 1 aromatic heterocycles. The molecule has 3 heteroatoms. The highest BCUT2D eigenvalue weighted by Crippen LogP contribution is 2.05. The Kier molecular flexibility index (Phi) is 3.05. The minimum absolute atomic E-state index is 0.0822. The summed E-state index contributed by atoms with van der Waals surface area (Å²) in [7, 11) is 0. The molecule has 0 unspecified atom stereocenters. The van der Waals surface area contributed by atoms with Crippen LogP contribution in [-0.2, 0) is 11.3 Å². The van der Waals surface area contributed by atoms with E-state index in [-0.39, 0.29) is 5.91 Å². The molecule has 2 nitrogen and oxygen atoms in total. The molecule has 64 valence electrons. The first-order chi connectivity index (χ1) is 5.70. The van der Waals surface area contributed by atoms with E-state index in [9.17, 15) is 4.79 Å². The summed E-state index contributed by atoms with van der Waals surface area (Å²) >= 11 is 1.63. The van der Waals surface area contributed by atoms with Crippen LogP contribution in [0.1, 0.15) is 12.5 Å². The summed E-state index contributed by atoms with van der Waals surface area (Å²) in [6.45, 7) is 5.84. The van der Waals surface area contributed by atoms with Crippen molar-refractivity contribution in [1.29, 1.82) is 0 Å². The summed E-state index contributed by atoms with van der Waals surface area (Å²) in [5, 5.41) is 6.75. The van der Waals surface area contributed by atoms with Crippen molar-refractivity contribution in [2.75, 3.05) is 0 Å². The van der Waals surface area contributed by atoms with Crippen molar-refractivity contribution >= 4 is 17.2 Å². The van der Waals surface area contributed by atoms with E-state index in [4.69, 9.17) is 0 Å². The number of thiophene rings is 1. The number of amides is 1. The Morgan fingerprint density at radius 2 is 2.50 bits per heavy atom. The van der Waals surface area contributed by atoms with Gasteiger partial charge in [-0.2, -0.15) is 11.3 Å². The summed E-state index contributed by atoms with van der Waals surface area (Å²) in [4.78, 5) is 11.0. The SMILES string of the molecule is C=C(C)C(=O)NCc1ccsc1. The Balaban J connectivity index is 2.37. The second kappa shape index (κ2) is 4.07. The second-order valence-electron chi connectivity index (χ2n) is 2.59. The fraction of sp³-hybridized carbons (Fsp3) is 0.222. The predicted molar refractivity (Wildman–Crippen MR) is 51.0 cm³/mol. The maximum atomic E-state index is 11.0. The van der Waals surface area contributed by atoms with Crippen LogP contribution in [0.25, 0.3) is 0 Å². The van der Waals surface area contributed by atoms with Gasteiger partial charge in [0, 0.05) is 12.1 Å². The molecule has 0 atom stereocenters. The molecule has 1 heterocycles. The van der Waals surface area contributed by atoms with Crippen LogP contribution in [0.3, 0.4) is 0 Å². The van der Waals surface area contributed by atoms with E-state index in [1.54, 1.807) is 18.3 Å². The molecule has 0 spiro atoms. The highest BCUT2D eigenvalue weighted by Gasteiger charge is 2.00. The molecule has 0 saturated heterocycles. The number of carbonyl (C=O) groups is 1. The predicted octanol–water partition coefficient (Wildman–Crippen LogP) is 1.94. The highest BCUT2D eigenvalue weighted by molar-refractivity contribution is 7.07. The molecule has 12 heavy (non-hydrogen) atoms. The number of hydrogen-bond acceptors (Lipinski definition) is 2. The second-order valence-corrected chi connectivity index (χ2v) is 3.37. The van der Waals surface area contributed by atoms with E-state index in [0.717, 1.165) is 5.56 Å². The van der Waals surface area contributed by atoms with Gasteiger partial charge in [-0.3, -0.25) is 4.79 Å². The normalized spacial score (nSPS) is 9.42. The van der Waals surface area contributed by atoms with Gasteiger partial charge >= 0.3 is 0 Å². The van der Waals surface area contributed by atoms with Gasteiger partial charge in [0.15, 0.2) is 0 Å². The van der Waals surface area contributed by atoms with Crippen molar-refractivity contribution in [1.82, 2.24) is 5.32 Å². The average Bonchev–Trinajstić information content (AvgIpc) is 2.51. The molecule has 1 rings (SSSR count). The van der Waals surface area contributed by atoms with Crippen molar-refractivity contribution in [3.8, 4) is 0 Å². The largest absolute Gasteiger partial charge is 0.348 e. The van der Waals surface area contributed by atoms with Gasteiger partial charge in [0.25, 0.3) is 0 Å². The van der Waals surface area contributed by atoms with Gasteiger partial charge in [0.1, 0.15) is 0 Å². The highest BCUT2D eigenvalue weighted by atomic mass is 32.1. The van der Waals surface area contributed by atoms with Crippen LogP contribution >= 0.6 is 11.3 Å². The van der Waals surface area contributed by atoms with Crippen molar-refractivity contribution in [3.05, 3.63) is 34.5 Å². The zero-order valence-corrected chi connectivity index (χ0v) is 7.78. The Morgan fingerprint density at radius 1 is 1.75 bits per heavy atom. The average molecular weight is 181 g/mol. The lowest BCUT2D eigenvalue weighted by molar-refractivity contribution is -0.117. The third-order valence-corrected chi connectivity index (χ3v) is 2.15. The van der Waals surface area contributed by atoms with Crippen LogP contribution in [-0.4, -0.2) is 5.91 Å². The van der Waals surface area contributed by atoms with Crippen molar-refractivity contribution < 1.29 is 4.79 Å². The van der Waals surface area contributed by atoms with E-state index in [1.165, 1.54) is 0 Å². The molecule has 1 aromatic rings. The Morgan fingerprint density at radius 3 is 3.00 bits per heavy atom. The maximum absolute atomic E-state index is 11.0. The summed E-state index contributed by atoms with van der Waals surface area (Å²) in [6, 6.07) is 1.99. The minimum atomic E-state index is -0.0822. The quantitative estimate of drug-likeness (QED) is 0.709. The molecular weight excluding hydrogens is 170 g/mol. The van der Waals surface area contributed by atoms with E-state index < -0.39 is 0 Å². The molecule has 0 radical (unpaired) electrons. The first-order valence-corrected chi connectivity index (χ1v) is 4.59. The molecule has 0 fully saturated rings. The molecule has 0 aliphatic rings. The van der Waals surface area contributed by atoms with Crippen LogP contribution in [0.4, 0.5) is 0 Å². The van der Waals surface area contributed by atoms with Crippen molar-refractivity contribution in [3.63, 3.8) is 0 Å². The minimum Gasteiger partial charge on any atom is -0.348 e. The molecule has 1 amide bonds. The first kappa shape index (κ1) is 9.00. The molecule has 1 N–H and O–H groups in total. The van der Waals surface area contributed by atoms with Gasteiger partial charge in [0.05, 0.1) is 0 Å². The molecule has 0 saturated carbocycles. The smallest absolute Gasteiger partial charge is 0.246 e. The molecule has 0 bridgehead atoms.